The zero-order valence-corrected chi connectivity index (χ0v) is 13.0. The van der Waals surface area contributed by atoms with Crippen LogP contribution in [-0.4, -0.2) is 0 Å². The van der Waals surface area contributed by atoms with Crippen molar-refractivity contribution in [2.24, 2.45) is 0 Å². The van der Waals surface area contributed by atoms with E-state index in [9.17, 15) is 0 Å². The van der Waals surface area contributed by atoms with Crippen LogP contribution in [0.1, 0.15) is 41.9 Å². The normalized spacial score (nSPS) is 18.6. The molecule has 0 saturated carbocycles. The molecule has 0 aromatic carbocycles. The van der Waals surface area contributed by atoms with Crippen molar-refractivity contribution in [3.63, 3.8) is 0 Å². The molecule has 0 atom stereocenters. The SMILES string of the molecule is CCCCC1=[C]([Hf+2][C]2=CC=CC2)CC=C1.[H-].[H-]. The molecule has 0 fully saturated rings. The predicted octanol–water partition coefficient (Wildman–Crippen LogP) is 4.54. The molecule has 0 bridgehead atoms. The minimum absolute atomic E-state index is 0. The molecule has 0 saturated heterocycles. The van der Waals surface area contributed by atoms with E-state index >= 15 is 0 Å². The van der Waals surface area contributed by atoms with Gasteiger partial charge in [0.15, 0.2) is 0 Å². The average Bonchev–Trinajstić information content (AvgIpc) is 2.87. The fourth-order valence-corrected chi connectivity index (χ4v) is 6.96. The van der Waals surface area contributed by atoms with Crippen molar-refractivity contribution in [3.8, 4) is 0 Å². The van der Waals surface area contributed by atoms with Crippen LogP contribution in [-0.2, 0) is 22.9 Å². The second-order valence-corrected chi connectivity index (χ2v) is 9.54. The van der Waals surface area contributed by atoms with Crippen LogP contribution >= 0.6 is 0 Å². The van der Waals surface area contributed by atoms with Gasteiger partial charge in [-0.2, -0.15) is 0 Å². The number of rotatable bonds is 5. The first-order chi connectivity index (χ1) is 7.40. The molecule has 1 heteroatoms. The van der Waals surface area contributed by atoms with Gasteiger partial charge in [0, 0.05) is 0 Å². The third kappa shape index (κ3) is 3.14. The van der Waals surface area contributed by atoms with E-state index in [1.165, 1.54) is 32.1 Å². The van der Waals surface area contributed by atoms with Crippen LogP contribution < -0.4 is 0 Å². The molecule has 2 aliphatic carbocycles. The summed E-state index contributed by atoms with van der Waals surface area (Å²) in [5.74, 6) is 0. The maximum atomic E-state index is 2.39. The van der Waals surface area contributed by atoms with E-state index in [0.29, 0.717) is 0 Å². The number of hydrogen-bond donors (Lipinski definition) is 0. The summed E-state index contributed by atoms with van der Waals surface area (Å²) in [5.41, 5.74) is 1.70. The molecule has 0 N–H and O–H groups in total. The van der Waals surface area contributed by atoms with Gasteiger partial charge >= 0.3 is 105 Å². The summed E-state index contributed by atoms with van der Waals surface area (Å²) in [6.07, 6.45) is 18.2. The van der Waals surface area contributed by atoms with Crippen molar-refractivity contribution < 1.29 is 25.8 Å². The van der Waals surface area contributed by atoms with Crippen LogP contribution in [0.15, 0.2) is 42.6 Å². The fourth-order valence-electron chi connectivity index (χ4n) is 2.02. The molecule has 0 aliphatic heterocycles. The van der Waals surface area contributed by atoms with Crippen LogP contribution in [0.2, 0.25) is 0 Å². The molecule has 0 aromatic heterocycles. The summed E-state index contributed by atoms with van der Waals surface area (Å²) in [5, 5.41) is 0. The van der Waals surface area contributed by atoms with Gasteiger partial charge in [0.2, 0.25) is 0 Å². The first-order valence-corrected chi connectivity index (χ1v) is 9.50. The van der Waals surface area contributed by atoms with E-state index in [2.05, 4.69) is 37.3 Å². The van der Waals surface area contributed by atoms with E-state index in [4.69, 9.17) is 0 Å². The average molecular weight is 367 g/mol. The van der Waals surface area contributed by atoms with Crippen LogP contribution in [0.25, 0.3) is 0 Å². The standard InChI is InChI=1S/C9H13.C5H5.Hf.2H/c1-2-3-6-9-7-4-5-8-9;1-2-4-5-3-1;;;/h4,7H,2-3,5-6H2,1H3;1-3H,4H2;;;/q;;+2;2*-1. The third-order valence-corrected chi connectivity index (χ3v) is 8.37. The van der Waals surface area contributed by atoms with Gasteiger partial charge < -0.3 is 2.85 Å². The summed E-state index contributed by atoms with van der Waals surface area (Å²) >= 11 is -0.617. The Hall–Kier alpha value is -0.170. The van der Waals surface area contributed by atoms with Gasteiger partial charge in [-0.05, 0) is 0 Å². The second-order valence-electron chi connectivity index (χ2n) is 4.16. The quantitative estimate of drug-likeness (QED) is 0.627. The van der Waals surface area contributed by atoms with Gasteiger partial charge in [-0.25, -0.2) is 0 Å². The Morgan fingerprint density at radius 1 is 1.33 bits per heavy atom. The first kappa shape index (κ1) is 11.3. The summed E-state index contributed by atoms with van der Waals surface area (Å²) in [7, 11) is 0. The zero-order chi connectivity index (χ0) is 10.5. The minimum Gasteiger partial charge on any atom is -1.00 e. The fraction of sp³-hybridized carbons (Fsp3) is 0.429. The van der Waals surface area contributed by atoms with Gasteiger partial charge in [0.05, 0.1) is 0 Å². The largest absolute Gasteiger partial charge is 1.00 e. The van der Waals surface area contributed by atoms with Gasteiger partial charge in [-0.1, -0.05) is 0 Å². The zero-order valence-electron chi connectivity index (χ0n) is 11.4. The van der Waals surface area contributed by atoms with Crippen LogP contribution in [0.4, 0.5) is 0 Å². The molecule has 80 valence electrons. The van der Waals surface area contributed by atoms with Crippen molar-refractivity contribution in [2.75, 3.05) is 0 Å². The monoisotopic (exact) mass is 368 g/mol. The maximum Gasteiger partial charge on any atom is -1.00 e. The van der Waals surface area contributed by atoms with E-state index in [0.717, 1.165) is 0 Å². The van der Waals surface area contributed by atoms with Crippen molar-refractivity contribution >= 4 is 0 Å². The summed E-state index contributed by atoms with van der Waals surface area (Å²) < 4.78 is 3.64. The molecule has 0 spiro atoms. The van der Waals surface area contributed by atoms with Crippen molar-refractivity contribution in [1.82, 2.24) is 0 Å². The van der Waals surface area contributed by atoms with Crippen molar-refractivity contribution in [2.45, 2.75) is 39.0 Å². The Kier molecular flexibility index (Phi) is 4.37. The van der Waals surface area contributed by atoms with Crippen LogP contribution in [0.5, 0.6) is 0 Å². The van der Waals surface area contributed by atoms with Gasteiger partial charge in [-0.15, -0.1) is 0 Å². The topological polar surface area (TPSA) is 0 Å². The Morgan fingerprint density at radius 2 is 2.27 bits per heavy atom. The molecule has 0 heterocycles. The molecule has 0 radical (unpaired) electrons. The summed E-state index contributed by atoms with van der Waals surface area (Å²) in [6.45, 7) is 2.28. The van der Waals surface area contributed by atoms with E-state index < -0.39 is 22.9 Å². The first-order valence-electron chi connectivity index (χ1n) is 5.91. The van der Waals surface area contributed by atoms with E-state index in [1.807, 2.05) is 3.33 Å². The Balaban J connectivity index is 0.00000128. The van der Waals surface area contributed by atoms with Gasteiger partial charge in [0.25, 0.3) is 0 Å². The number of unbranched alkanes of at least 4 members (excludes halogenated alkanes) is 1. The third-order valence-electron chi connectivity index (χ3n) is 2.91. The van der Waals surface area contributed by atoms with Crippen LogP contribution in [0.3, 0.4) is 0 Å². The minimum atomic E-state index is -0.617. The number of allylic oxidation sites excluding steroid dienone is 8. The molecule has 0 nitrogen and oxygen atoms in total. The van der Waals surface area contributed by atoms with Crippen molar-refractivity contribution in [3.05, 3.63) is 42.6 Å². The number of hydrogen-bond acceptors (Lipinski definition) is 0. The Morgan fingerprint density at radius 3 is 3.00 bits per heavy atom. The second kappa shape index (κ2) is 5.79. The molecule has 15 heavy (non-hydrogen) atoms. The predicted molar refractivity (Wildman–Crippen MR) is 64.4 cm³/mol. The molecule has 2 rings (SSSR count). The summed E-state index contributed by atoms with van der Waals surface area (Å²) in [4.78, 5) is 0. The van der Waals surface area contributed by atoms with E-state index in [-0.39, 0.29) is 2.85 Å². The van der Waals surface area contributed by atoms with Crippen LogP contribution in [0, 0.1) is 0 Å². The molecular weight excluding hydrogens is 347 g/mol. The van der Waals surface area contributed by atoms with Crippen molar-refractivity contribution in [1.29, 1.82) is 0 Å². The van der Waals surface area contributed by atoms with E-state index in [1.54, 1.807) is 8.90 Å². The summed E-state index contributed by atoms with van der Waals surface area (Å²) in [6, 6.07) is 0. The molecular formula is C14H20Hf. The van der Waals surface area contributed by atoms with Gasteiger partial charge in [0.1, 0.15) is 0 Å². The smallest absolute Gasteiger partial charge is 1.00 e. The Bertz CT molecular complexity index is 351. The Labute approximate surface area is 107 Å². The molecule has 2 aliphatic rings. The molecule has 0 aromatic rings. The molecule has 0 amide bonds. The maximum absolute atomic E-state index is 2.39. The van der Waals surface area contributed by atoms with Gasteiger partial charge in [-0.3, -0.25) is 0 Å². The molecule has 0 unspecified atom stereocenters.